The molecule has 1 fully saturated rings. The lowest BCUT2D eigenvalue weighted by atomic mass is 10.2. The first-order valence-electron chi connectivity index (χ1n) is 10.6. The van der Waals surface area contributed by atoms with Crippen molar-refractivity contribution < 1.29 is 14.3 Å². The average molecular weight is 419 g/mol. The van der Waals surface area contributed by atoms with Crippen molar-refractivity contribution in [1.29, 1.82) is 0 Å². The summed E-state index contributed by atoms with van der Waals surface area (Å²) < 4.78 is 8.47. The maximum absolute atomic E-state index is 12.4. The summed E-state index contributed by atoms with van der Waals surface area (Å²) >= 11 is 0. The highest BCUT2D eigenvalue weighted by molar-refractivity contribution is 5.82. The van der Waals surface area contributed by atoms with Gasteiger partial charge in [-0.25, -0.2) is 9.78 Å². The number of imidazole rings is 1. The standard InChI is InChI=1S/C20H29N5O5/c1-3-5-11-25-18-17(19(28)22-20(25)29)24(4-2)14(21-18)13-30-16(27)12-23-10-8-6-7-9-15(23)26/h3-13H2,1-2H3,(H,22,28,29). The zero-order valence-corrected chi connectivity index (χ0v) is 17.6. The van der Waals surface area contributed by atoms with Gasteiger partial charge < -0.3 is 14.2 Å². The number of fused-ring (bicyclic) bond motifs is 1. The Morgan fingerprint density at radius 1 is 1.13 bits per heavy atom. The Hall–Kier alpha value is -2.91. The van der Waals surface area contributed by atoms with E-state index in [0.29, 0.717) is 43.0 Å². The number of esters is 1. The molecule has 2 aromatic rings. The van der Waals surface area contributed by atoms with Crippen LogP contribution in [0.5, 0.6) is 0 Å². The molecule has 164 valence electrons. The molecule has 1 saturated heterocycles. The van der Waals surface area contributed by atoms with Crippen molar-refractivity contribution in [2.75, 3.05) is 13.1 Å². The molecule has 30 heavy (non-hydrogen) atoms. The number of hydrogen-bond donors (Lipinski definition) is 1. The largest absolute Gasteiger partial charge is 0.456 e. The topological polar surface area (TPSA) is 119 Å². The van der Waals surface area contributed by atoms with Gasteiger partial charge in [-0.15, -0.1) is 0 Å². The molecule has 0 saturated carbocycles. The van der Waals surface area contributed by atoms with Crippen LogP contribution in [0.1, 0.15) is 58.2 Å². The number of aromatic amines is 1. The molecule has 10 nitrogen and oxygen atoms in total. The minimum atomic E-state index is -0.516. The molecule has 0 bridgehead atoms. The van der Waals surface area contributed by atoms with Gasteiger partial charge in [0.1, 0.15) is 19.0 Å². The van der Waals surface area contributed by atoms with Crippen molar-refractivity contribution in [2.24, 2.45) is 0 Å². The van der Waals surface area contributed by atoms with Gasteiger partial charge in [0, 0.05) is 26.1 Å². The van der Waals surface area contributed by atoms with Crippen LogP contribution in [0, 0.1) is 0 Å². The third kappa shape index (κ3) is 4.63. The Labute approximate surface area is 173 Å². The molecule has 1 aliphatic heterocycles. The Morgan fingerprint density at radius 2 is 1.93 bits per heavy atom. The van der Waals surface area contributed by atoms with Crippen LogP contribution in [0.15, 0.2) is 9.59 Å². The molecule has 0 aromatic carbocycles. The predicted octanol–water partition coefficient (Wildman–Crippen LogP) is 1.15. The zero-order chi connectivity index (χ0) is 21.7. The van der Waals surface area contributed by atoms with Gasteiger partial charge in [-0.2, -0.15) is 0 Å². The van der Waals surface area contributed by atoms with Gasteiger partial charge in [0.15, 0.2) is 11.2 Å². The van der Waals surface area contributed by atoms with Crippen molar-refractivity contribution in [3.8, 4) is 0 Å². The average Bonchev–Trinajstić information content (AvgIpc) is 2.97. The van der Waals surface area contributed by atoms with E-state index in [-0.39, 0.29) is 19.1 Å². The van der Waals surface area contributed by atoms with E-state index in [1.807, 2.05) is 13.8 Å². The summed E-state index contributed by atoms with van der Waals surface area (Å²) in [6.07, 6.45) is 4.82. The minimum absolute atomic E-state index is 0.0308. The van der Waals surface area contributed by atoms with E-state index in [4.69, 9.17) is 4.74 Å². The number of nitrogens with zero attached hydrogens (tertiary/aromatic N) is 4. The molecule has 0 spiro atoms. The van der Waals surface area contributed by atoms with Crippen LogP contribution in [0.3, 0.4) is 0 Å². The Balaban J connectivity index is 1.81. The normalized spacial score (nSPS) is 14.9. The third-order valence-corrected chi connectivity index (χ3v) is 5.37. The van der Waals surface area contributed by atoms with Gasteiger partial charge >= 0.3 is 11.7 Å². The van der Waals surface area contributed by atoms with Gasteiger partial charge in [-0.1, -0.05) is 19.8 Å². The second-order valence-electron chi connectivity index (χ2n) is 7.50. The molecular formula is C20H29N5O5. The van der Waals surface area contributed by atoms with Gasteiger partial charge in [0.2, 0.25) is 5.91 Å². The summed E-state index contributed by atoms with van der Waals surface area (Å²) in [6, 6.07) is 0. The first-order chi connectivity index (χ1) is 14.5. The van der Waals surface area contributed by atoms with Crippen LogP contribution < -0.4 is 11.2 Å². The number of ether oxygens (including phenoxy) is 1. The second kappa shape index (κ2) is 9.73. The molecule has 2 aromatic heterocycles. The number of aromatic nitrogens is 4. The quantitative estimate of drug-likeness (QED) is 0.641. The third-order valence-electron chi connectivity index (χ3n) is 5.37. The van der Waals surface area contributed by atoms with Crippen LogP contribution in [0.4, 0.5) is 0 Å². The first-order valence-corrected chi connectivity index (χ1v) is 10.6. The van der Waals surface area contributed by atoms with Crippen molar-refractivity contribution in [1.82, 2.24) is 24.0 Å². The van der Waals surface area contributed by atoms with Crippen molar-refractivity contribution >= 4 is 23.0 Å². The van der Waals surface area contributed by atoms with Crippen LogP contribution in [-0.2, 0) is 34.0 Å². The summed E-state index contributed by atoms with van der Waals surface area (Å²) in [7, 11) is 0. The monoisotopic (exact) mass is 419 g/mol. The Kier molecular flexibility index (Phi) is 7.07. The first kappa shape index (κ1) is 21.8. The number of likely N-dealkylation sites (tertiary alicyclic amines) is 1. The molecule has 10 heteroatoms. The van der Waals surface area contributed by atoms with Crippen LogP contribution in [0.2, 0.25) is 0 Å². The van der Waals surface area contributed by atoms with Gasteiger partial charge in [-0.3, -0.25) is 23.9 Å². The van der Waals surface area contributed by atoms with Crippen LogP contribution in [-0.4, -0.2) is 49.0 Å². The van der Waals surface area contributed by atoms with E-state index in [2.05, 4.69) is 9.97 Å². The van der Waals surface area contributed by atoms with E-state index in [1.54, 1.807) is 4.57 Å². The summed E-state index contributed by atoms with van der Waals surface area (Å²) in [5.41, 5.74) is -0.412. The smallest absolute Gasteiger partial charge is 0.330 e. The number of rotatable bonds is 8. The van der Waals surface area contributed by atoms with Gasteiger partial charge in [0.25, 0.3) is 5.56 Å². The molecule has 0 atom stereocenters. The maximum Gasteiger partial charge on any atom is 0.330 e. The van der Waals surface area contributed by atoms with Gasteiger partial charge in [0.05, 0.1) is 0 Å². The van der Waals surface area contributed by atoms with E-state index in [0.717, 1.165) is 32.1 Å². The molecule has 0 aliphatic carbocycles. The van der Waals surface area contributed by atoms with E-state index in [9.17, 15) is 19.2 Å². The van der Waals surface area contributed by atoms with E-state index >= 15 is 0 Å². The molecule has 3 heterocycles. The lowest BCUT2D eigenvalue weighted by Crippen LogP contribution is -2.36. The molecule has 0 radical (unpaired) electrons. The maximum atomic E-state index is 12.4. The van der Waals surface area contributed by atoms with Crippen molar-refractivity contribution in [3.63, 3.8) is 0 Å². The highest BCUT2D eigenvalue weighted by Gasteiger charge is 2.22. The molecule has 1 amide bonds. The molecular weight excluding hydrogens is 390 g/mol. The fourth-order valence-electron chi connectivity index (χ4n) is 3.74. The molecule has 1 N–H and O–H groups in total. The van der Waals surface area contributed by atoms with Crippen molar-refractivity contribution in [2.45, 2.75) is 72.1 Å². The Bertz CT molecular complexity index is 1030. The highest BCUT2D eigenvalue weighted by Crippen LogP contribution is 2.14. The molecule has 3 rings (SSSR count). The summed E-state index contributed by atoms with van der Waals surface area (Å²) in [4.78, 5) is 57.4. The number of carbonyl (C=O) groups excluding carboxylic acids is 2. The number of unbranched alkanes of at least 4 members (excludes halogenated alkanes) is 1. The lowest BCUT2D eigenvalue weighted by molar-refractivity contribution is -0.150. The van der Waals surface area contributed by atoms with Crippen LogP contribution in [0.25, 0.3) is 11.2 Å². The summed E-state index contributed by atoms with van der Waals surface area (Å²) in [5, 5.41) is 0. The molecule has 1 aliphatic rings. The number of hydrogen-bond acceptors (Lipinski definition) is 6. The number of aryl methyl sites for hydroxylation is 2. The predicted molar refractivity (Wildman–Crippen MR) is 110 cm³/mol. The van der Waals surface area contributed by atoms with Crippen LogP contribution >= 0.6 is 0 Å². The number of H-pyrrole nitrogens is 1. The summed E-state index contributed by atoms with van der Waals surface area (Å²) in [5.74, 6) is -0.154. The fourth-order valence-corrected chi connectivity index (χ4v) is 3.74. The number of carbonyl (C=O) groups is 2. The van der Waals surface area contributed by atoms with Crippen molar-refractivity contribution in [3.05, 3.63) is 26.7 Å². The second-order valence-corrected chi connectivity index (χ2v) is 7.50. The minimum Gasteiger partial charge on any atom is -0.456 e. The van der Waals surface area contributed by atoms with E-state index < -0.39 is 17.2 Å². The Morgan fingerprint density at radius 3 is 2.67 bits per heavy atom. The number of amides is 1. The zero-order valence-electron chi connectivity index (χ0n) is 17.6. The molecule has 0 unspecified atom stereocenters. The SMILES string of the molecule is CCCCn1c(=O)[nH]c(=O)c2c1nc(COC(=O)CN1CCCCCC1=O)n2CC. The number of nitrogens with one attached hydrogen (secondary N) is 1. The van der Waals surface area contributed by atoms with Gasteiger partial charge in [-0.05, 0) is 26.2 Å². The highest BCUT2D eigenvalue weighted by atomic mass is 16.5. The lowest BCUT2D eigenvalue weighted by Gasteiger charge is -2.19. The summed E-state index contributed by atoms with van der Waals surface area (Å²) in [6.45, 7) is 5.07. The van der Waals surface area contributed by atoms with E-state index in [1.165, 1.54) is 9.47 Å². The fraction of sp³-hybridized carbons (Fsp3) is 0.650.